The Balaban J connectivity index is 0.970. The lowest BCUT2D eigenvalue weighted by Crippen LogP contribution is -2.60. The number of rotatable bonds is 8. The molecule has 4 amide bonds. The number of fused-ring (bicyclic) bond motifs is 5. The maximum Gasteiger partial charge on any atom is 0.407 e. The van der Waals surface area contributed by atoms with Crippen molar-refractivity contribution in [3.05, 3.63) is 54.0 Å². The summed E-state index contributed by atoms with van der Waals surface area (Å²) in [6, 6.07) is 11.9. The van der Waals surface area contributed by atoms with Crippen molar-refractivity contribution in [2.75, 3.05) is 27.3 Å². The van der Waals surface area contributed by atoms with Crippen LogP contribution >= 0.6 is 11.3 Å². The first-order valence-electron chi connectivity index (χ1n) is 18.5. The number of ether oxygens (including phenoxy) is 2. The molecular formula is C38H46N8O6S. The summed E-state index contributed by atoms with van der Waals surface area (Å²) in [4.78, 5) is 62.3. The van der Waals surface area contributed by atoms with Gasteiger partial charge in [-0.25, -0.2) is 14.6 Å². The van der Waals surface area contributed by atoms with E-state index in [-0.39, 0.29) is 42.1 Å². The fourth-order valence-electron chi connectivity index (χ4n) is 9.01. The van der Waals surface area contributed by atoms with E-state index in [9.17, 15) is 19.2 Å². The van der Waals surface area contributed by atoms with Crippen molar-refractivity contribution in [3.63, 3.8) is 0 Å². The standard InChI is InChI=1S/C38H46N8O6S/c1-19(41-37(49)51-3)35(47)45-13-5-6-29(45)33-39-17-27(43-33)21-8-11-25-26-12-9-22(16-31(26)53-30(25)15-21)28-18-40-34(44-28)32-23-7-10-24(14-23)46(32)36(48)20(2)42-38(50)52-4/h8-9,11-12,15-17,19-20,23-24,28-29,32,34,40,44H,5-7,10,13-14,18H2,1-4H3,(H,39,43)(H,41,49)(H,42,50)/t19-,20-,23-,24+,28?,29-,32-,34?/m0/s1. The minimum Gasteiger partial charge on any atom is -0.453 e. The Morgan fingerprint density at radius 1 is 0.925 bits per heavy atom. The highest BCUT2D eigenvalue weighted by Gasteiger charge is 2.53. The summed E-state index contributed by atoms with van der Waals surface area (Å²) in [5.41, 5.74) is 3.10. The number of thiophene rings is 1. The molecule has 0 radical (unpaired) electrons. The van der Waals surface area contributed by atoms with E-state index in [1.807, 2.05) is 11.1 Å². The quantitative estimate of drug-likeness (QED) is 0.174. The third kappa shape index (κ3) is 6.48. The number of methoxy groups -OCH3 is 2. The molecule has 4 aliphatic rings. The predicted molar refractivity (Wildman–Crippen MR) is 200 cm³/mol. The number of benzene rings is 2. The van der Waals surface area contributed by atoms with Gasteiger partial charge in [0.25, 0.3) is 0 Å². The van der Waals surface area contributed by atoms with Crippen molar-refractivity contribution in [2.24, 2.45) is 5.92 Å². The van der Waals surface area contributed by atoms with Crippen LogP contribution in [0, 0.1) is 5.92 Å². The number of aromatic nitrogens is 2. The second-order valence-corrected chi connectivity index (χ2v) is 15.8. The molecule has 5 N–H and O–H groups in total. The number of amides is 4. The van der Waals surface area contributed by atoms with Gasteiger partial charge in [-0.1, -0.05) is 24.3 Å². The lowest BCUT2D eigenvalue weighted by molar-refractivity contribution is -0.138. The molecule has 1 saturated carbocycles. The van der Waals surface area contributed by atoms with Gasteiger partial charge in [0.2, 0.25) is 11.8 Å². The van der Waals surface area contributed by atoms with Crippen LogP contribution in [0.25, 0.3) is 31.4 Å². The van der Waals surface area contributed by atoms with Crippen molar-refractivity contribution in [2.45, 2.75) is 88.4 Å². The normalized spacial score (nSPS) is 26.3. The molecule has 2 bridgehead atoms. The second-order valence-electron chi connectivity index (χ2n) is 14.7. The number of imidazole rings is 1. The van der Waals surface area contributed by atoms with E-state index in [4.69, 9.17) is 9.72 Å². The van der Waals surface area contributed by atoms with E-state index in [0.29, 0.717) is 12.5 Å². The number of nitrogens with one attached hydrogen (secondary N) is 5. The minimum absolute atomic E-state index is 0.0204. The Morgan fingerprint density at radius 2 is 1.64 bits per heavy atom. The monoisotopic (exact) mass is 742 g/mol. The van der Waals surface area contributed by atoms with Crippen molar-refractivity contribution in [1.82, 2.24) is 41.0 Å². The lowest BCUT2D eigenvalue weighted by atomic mass is 9.95. The van der Waals surface area contributed by atoms with E-state index in [0.717, 1.165) is 55.7 Å². The number of carbonyl (C=O) groups excluding carboxylic acids is 4. The van der Waals surface area contributed by atoms with Gasteiger partial charge in [-0.05, 0) is 69.6 Å². The number of alkyl carbamates (subject to hydrolysis) is 2. The van der Waals surface area contributed by atoms with Crippen LogP contribution in [0.2, 0.25) is 0 Å². The largest absolute Gasteiger partial charge is 0.453 e. The van der Waals surface area contributed by atoms with Crippen molar-refractivity contribution >= 4 is 55.5 Å². The third-order valence-electron chi connectivity index (χ3n) is 11.6. The molecule has 0 spiro atoms. The van der Waals surface area contributed by atoms with Crippen LogP contribution < -0.4 is 21.3 Å². The molecule has 8 atom stereocenters. The van der Waals surface area contributed by atoms with E-state index in [1.54, 1.807) is 30.1 Å². The van der Waals surface area contributed by atoms with Gasteiger partial charge in [0.05, 0.1) is 44.4 Å². The van der Waals surface area contributed by atoms with E-state index >= 15 is 0 Å². The molecule has 4 aromatic rings. The fraction of sp³-hybridized carbons (Fsp3) is 0.500. The highest BCUT2D eigenvalue weighted by molar-refractivity contribution is 7.25. The summed E-state index contributed by atoms with van der Waals surface area (Å²) in [7, 11) is 2.58. The van der Waals surface area contributed by atoms with E-state index in [2.05, 4.69) is 67.4 Å². The van der Waals surface area contributed by atoms with Gasteiger partial charge in [0.15, 0.2) is 0 Å². The summed E-state index contributed by atoms with van der Waals surface area (Å²) in [5.74, 6) is 0.927. The molecule has 3 saturated heterocycles. The first-order valence-corrected chi connectivity index (χ1v) is 19.3. The van der Waals surface area contributed by atoms with Crippen LogP contribution in [-0.2, 0) is 19.1 Å². The van der Waals surface area contributed by atoms with Gasteiger partial charge in [-0.15, -0.1) is 11.3 Å². The smallest absolute Gasteiger partial charge is 0.407 e. The van der Waals surface area contributed by atoms with Crippen LogP contribution in [-0.4, -0.2) is 101 Å². The number of likely N-dealkylation sites (tertiary alicyclic amines) is 2. The molecule has 14 nitrogen and oxygen atoms in total. The van der Waals surface area contributed by atoms with E-state index in [1.165, 1.54) is 40.0 Å². The molecule has 5 heterocycles. The molecule has 53 heavy (non-hydrogen) atoms. The first-order chi connectivity index (χ1) is 25.6. The van der Waals surface area contributed by atoms with Crippen LogP contribution in [0.3, 0.4) is 0 Å². The first kappa shape index (κ1) is 35.3. The molecule has 2 unspecified atom stereocenters. The summed E-state index contributed by atoms with van der Waals surface area (Å²) in [6.07, 6.45) is 5.30. The van der Waals surface area contributed by atoms with Crippen molar-refractivity contribution in [3.8, 4) is 11.3 Å². The van der Waals surface area contributed by atoms with Crippen LogP contribution in [0.15, 0.2) is 42.6 Å². The summed E-state index contributed by atoms with van der Waals surface area (Å²) >= 11 is 1.76. The lowest BCUT2D eigenvalue weighted by Gasteiger charge is -2.40. The Morgan fingerprint density at radius 3 is 2.40 bits per heavy atom. The minimum atomic E-state index is -0.703. The van der Waals surface area contributed by atoms with Gasteiger partial charge in [-0.2, -0.15) is 0 Å². The zero-order valence-electron chi connectivity index (χ0n) is 30.3. The van der Waals surface area contributed by atoms with Crippen LogP contribution in [0.4, 0.5) is 9.59 Å². The third-order valence-corrected chi connectivity index (χ3v) is 12.7. The van der Waals surface area contributed by atoms with Crippen molar-refractivity contribution in [1.29, 1.82) is 0 Å². The number of nitrogens with zero attached hydrogens (tertiary/aromatic N) is 3. The molecule has 8 rings (SSSR count). The number of aromatic amines is 1. The summed E-state index contributed by atoms with van der Waals surface area (Å²) < 4.78 is 11.8. The highest BCUT2D eigenvalue weighted by Crippen LogP contribution is 2.45. The molecule has 4 fully saturated rings. The number of hydrogen-bond donors (Lipinski definition) is 5. The zero-order valence-corrected chi connectivity index (χ0v) is 31.1. The predicted octanol–water partition coefficient (Wildman–Crippen LogP) is 4.54. The second kappa shape index (κ2) is 14.3. The summed E-state index contributed by atoms with van der Waals surface area (Å²) in [5, 5.41) is 15.1. The SMILES string of the molecule is COC(=O)N[C@@H](C)C(=O)N1CCC[C@H]1c1ncc(-c2ccc3c(c2)sc2cc(C4CNC([C@@H]5[C@H]6CC[C@H](C6)N5C(=O)[C@H](C)NC(=O)OC)N4)ccc23)[nH]1. The van der Waals surface area contributed by atoms with Gasteiger partial charge in [0, 0.05) is 50.9 Å². The average Bonchev–Trinajstić information content (AvgIpc) is 4.02. The topological polar surface area (TPSA) is 170 Å². The molecule has 1 aliphatic carbocycles. The van der Waals surface area contributed by atoms with Gasteiger partial charge in [0.1, 0.15) is 17.9 Å². The Labute approximate surface area is 311 Å². The fourth-order valence-corrected chi connectivity index (χ4v) is 10.2. The average molecular weight is 743 g/mol. The number of carbonyl (C=O) groups is 4. The zero-order chi connectivity index (χ0) is 37.0. The Kier molecular flexibility index (Phi) is 9.49. The van der Waals surface area contributed by atoms with Gasteiger partial charge < -0.3 is 34.9 Å². The van der Waals surface area contributed by atoms with Crippen LogP contribution in [0.1, 0.15) is 69.4 Å². The molecule has 15 heteroatoms. The number of H-pyrrole nitrogens is 1. The summed E-state index contributed by atoms with van der Waals surface area (Å²) in [6.45, 7) is 4.74. The molecular weight excluding hydrogens is 697 g/mol. The molecule has 280 valence electrons. The van der Waals surface area contributed by atoms with Crippen molar-refractivity contribution < 1.29 is 28.7 Å². The maximum atomic E-state index is 13.6. The van der Waals surface area contributed by atoms with E-state index < -0.39 is 24.3 Å². The number of piperidine rings is 1. The molecule has 2 aromatic heterocycles. The molecule has 2 aromatic carbocycles. The Bertz CT molecular complexity index is 2070. The highest BCUT2D eigenvalue weighted by atomic mass is 32.1. The van der Waals surface area contributed by atoms with Gasteiger partial charge in [-0.3, -0.25) is 20.2 Å². The number of hydrogen-bond acceptors (Lipinski definition) is 10. The van der Waals surface area contributed by atoms with Gasteiger partial charge >= 0.3 is 12.2 Å². The maximum absolute atomic E-state index is 13.6. The Hall–Kier alpha value is -4.73. The molecule has 3 aliphatic heterocycles. The van der Waals surface area contributed by atoms with Crippen LogP contribution in [0.5, 0.6) is 0 Å².